The first-order valence-corrected chi connectivity index (χ1v) is 13.0. The van der Waals surface area contributed by atoms with Gasteiger partial charge in [-0.3, -0.25) is 9.78 Å². The fourth-order valence-corrected chi connectivity index (χ4v) is 4.93. The number of hydrogen-bond acceptors (Lipinski definition) is 5. The first kappa shape index (κ1) is 28.5. The lowest BCUT2D eigenvalue weighted by atomic mass is 9.90. The van der Waals surface area contributed by atoms with Crippen LogP contribution in [-0.2, 0) is 6.18 Å². The first-order valence-electron chi connectivity index (χ1n) is 13.0. The number of allylic oxidation sites excluding steroid dienone is 1. The SMILES string of the molecule is Cc1nc(C2=CCC(N(C)CC(C)(C)C)CC2)ccc1NC(=O)c1cnn(-c2ccc(C(F)(F)F)cn2)c1C. The lowest BCUT2D eigenvalue weighted by molar-refractivity contribution is -0.137. The summed E-state index contributed by atoms with van der Waals surface area (Å²) in [7, 11) is 2.19. The van der Waals surface area contributed by atoms with Crippen LogP contribution in [-0.4, -0.2) is 50.2 Å². The highest BCUT2D eigenvalue weighted by Crippen LogP contribution is 2.31. The number of alkyl halides is 3. The Labute approximate surface area is 227 Å². The van der Waals surface area contributed by atoms with Crippen LogP contribution in [0.5, 0.6) is 0 Å². The molecule has 3 heterocycles. The van der Waals surface area contributed by atoms with Crippen molar-refractivity contribution < 1.29 is 18.0 Å². The summed E-state index contributed by atoms with van der Waals surface area (Å²) in [5, 5.41) is 7.05. The molecule has 0 bridgehead atoms. The Morgan fingerprint density at radius 2 is 1.87 bits per heavy atom. The number of carbonyl (C=O) groups is 1. The number of anilines is 1. The summed E-state index contributed by atoms with van der Waals surface area (Å²) in [6.45, 7) is 11.3. The highest BCUT2D eigenvalue weighted by molar-refractivity contribution is 6.05. The molecule has 0 fully saturated rings. The number of carbonyl (C=O) groups excluding carboxylic acids is 1. The van der Waals surface area contributed by atoms with Crippen molar-refractivity contribution in [2.75, 3.05) is 18.9 Å². The second kappa shape index (κ2) is 10.9. The number of nitrogens with one attached hydrogen (secondary N) is 1. The molecule has 208 valence electrons. The molecular formula is C29H35F3N6O. The van der Waals surface area contributed by atoms with Crippen LogP contribution in [0.3, 0.4) is 0 Å². The Morgan fingerprint density at radius 3 is 2.44 bits per heavy atom. The van der Waals surface area contributed by atoms with E-state index in [0.717, 1.165) is 43.8 Å². The summed E-state index contributed by atoms with van der Waals surface area (Å²) in [5.41, 5.74) is 3.58. The highest BCUT2D eigenvalue weighted by atomic mass is 19.4. The lowest BCUT2D eigenvalue weighted by Crippen LogP contribution is -2.38. The molecule has 3 aromatic heterocycles. The van der Waals surface area contributed by atoms with Gasteiger partial charge in [-0.2, -0.15) is 18.3 Å². The molecule has 0 saturated heterocycles. The Hall–Kier alpha value is -3.53. The smallest absolute Gasteiger partial charge is 0.320 e. The van der Waals surface area contributed by atoms with Gasteiger partial charge in [0.1, 0.15) is 0 Å². The number of nitrogens with zero attached hydrogens (tertiary/aromatic N) is 5. The molecular weight excluding hydrogens is 505 g/mol. The van der Waals surface area contributed by atoms with Crippen LogP contribution in [0.4, 0.5) is 18.9 Å². The lowest BCUT2D eigenvalue weighted by Gasteiger charge is -2.35. The minimum atomic E-state index is -4.48. The molecule has 1 aliphatic carbocycles. The van der Waals surface area contributed by atoms with Gasteiger partial charge in [-0.15, -0.1) is 0 Å². The average Bonchev–Trinajstić information content (AvgIpc) is 3.25. The second-order valence-corrected chi connectivity index (χ2v) is 11.4. The predicted octanol–water partition coefficient (Wildman–Crippen LogP) is 6.46. The van der Waals surface area contributed by atoms with Crippen LogP contribution in [0.2, 0.25) is 0 Å². The number of rotatable bonds is 6. The van der Waals surface area contributed by atoms with Crippen LogP contribution in [0.15, 0.2) is 42.7 Å². The molecule has 4 rings (SSSR count). The van der Waals surface area contributed by atoms with Crippen LogP contribution in [0.1, 0.15) is 73.0 Å². The summed E-state index contributed by atoms with van der Waals surface area (Å²) in [6.07, 6.45) is 2.94. The first-order chi connectivity index (χ1) is 18.2. The minimum Gasteiger partial charge on any atom is -0.320 e. The van der Waals surface area contributed by atoms with Crippen LogP contribution in [0, 0.1) is 19.3 Å². The van der Waals surface area contributed by atoms with Gasteiger partial charge in [0.25, 0.3) is 5.91 Å². The summed E-state index contributed by atoms with van der Waals surface area (Å²) in [4.78, 5) is 24.1. The molecule has 0 spiro atoms. The largest absolute Gasteiger partial charge is 0.417 e. The molecule has 1 aliphatic rings. The molecule has 1 amide bonds. The fourth-order valence-electron chi connectivity index (χ4n) is 4.93. The summed E-state index contributed by atoms with van der Waals surface area (Å²) >= 11 is 0. The molecule has 1 unspecified atom stereocenters. The van der Waals surface area contributed by atoms with Crippen molar-refractivity contribution in [1.29, 1.82) is 0 Å². The number of pyridine rings is 2. The number of hydrogen-bond donors (Lipinski definition) is 1. The van der Waals surface area contributed by atoms with Gasteiger partial charge in [-0.1, -0.05) is 26.8 Å². The number of amides is 1. The third-order valence-electron chi connectivity index (χ3n) is 6.94. The van der Waals surface area contributed by atoms with Crippen molar-refractivity contribution >= 4 is 17.2 Å². The zero-order chi connectivity index (χ0) is 28.5. The zero-order valence-corrected chi connectivity index (χ0v) is 23.2. The standard InChI is InChI=1S/C29H35F3N6O/c1-18-24(12-13-25(35-18)20-7-10-22(11-8-20)37(6)17-28(3,4)5)36-27(39)23-16-34-38(19(23)2)26-14-9-21(15-33-26)29(30,31)32/h7,9,12-16,22H,8,10-11,17H2,1-6H3,(H,36,39). The van der Waals surface area contributed by atoms with Gasteiger partial charge in [0.2, 0.25) is 0 Å². The molecule has 1 N–H and O–H groups in total. The Bertz CT molecular complexity index is 1370. The summed E-state index contributed by atoms with van der Waals surface area (Å²) in [6, 6.07) is 6.46. The van der Waals surface area contributed by atoms with Gasteiger partial charge in [0, 0.05) is 18.8 Å². The van der Waals surface area contributed by atoms with Crippen molar-refractivity contribution in [2.24, 2.45) is 5.41 Å². The topological polar surface area (TPSA) is 75.9 Å². The third kappa shape index (κ3) is 6.73. The number of aryl methyl sites for hydroxylation is 1. The van der Waals surface area contributed by atoms with Crippen molar-refractivity contribution in [2.45, 2.75) is 66.1 Å². The van der Waals surface area contributed by atoms with Crippen molar-refractivity contribution in [3.05, 3.63) is 70.9 Å². The molecule has 7 nitrogen and oxygen atoms in total. The minimum absolute atomic E-state index is 0.189. The third-order valence-corrected chi connectivity index (χ3v) is 6.94. The molecule has 1 atom stereocenters. The van der Waals surface area contributed by atoms with E-state index in [-0.39, 0.29) is 17.1 Å². The maximum atomic E-state index is 13.0. The van der Waals surface area contributed by atoms with E-state index in [1.54, 1.807) is 6.92 Å². The van der Waals surface area contributed by atoms with E-state index in [0.29, 0.717) is 28.7 Å². The Kier molecular flexibility index (Phi) is 7.97. The quantitative estimate of drug-likeness (QED) is 0.388. The van der Waals surface area contributed by atoms with E-state index in [1.807, 2.05) is 19.1 Å². The van der Waals surface area contributed by atoms with E-state index < -0.39 is 11.7 Å². The van der Waals surface area contributed by atoms with Crippen molar-refractivity contribution in [3.63, 3.8) is 0 Å². The van der Waals surface area contributed by atoms with E-state index in [1.165, 1.54) is 22.5 Å². The van der Waals surface area contributed by atoms with Gasteiger partial charge in [-0.05, 0) is 75.4 Å². The highest BCUT2D eigenvalue weighted by Gasteiger charge is 2.31. The van der Waals surface area contributed by atoms with Crippen LogP contribution < -0.4 is 5.32 Å². The van der Waals surface area contributed by atoms with Crippen molar-refractivity contribution in [1.82, 2.24) is 24.6 Å². The predicted molar refractivity (Wildman–Crippen MR) is 146 cm³/mol. The summed E-state index contributed by atoms with van der Waals surface area (Å²) < 4.78 is 39.9. The maximum Gasteiger partial charge on any atom is 0.417 e. The average molecular weight is 541 g/mol. The van der Waals surface area contributed by atoms with Crippen molar-refractivity contribution in [3.8, 4) is 5.82 Å². The van der Waals surface area contributed by atoms with Gasteiger partial charge in [-0.25, -0.2) is 9.67 Å². The Morgan fingerprint density at radius 1 is 1.13 bits per heavy atom. The van der Waals surface area contributed by atoms with Gasteiger partial charge >= 0.3 is 6.18 Å². The molecule has 39 heavy (non-hydrogen) atoms. The van der Waals surface area contributed by atoms with E-state index in [4.69, 9.17) is 4.98 Å². The molecule has 0 aromatic carbocycles. The molecule has 3 aromatic rings. The normalized spacial score (nSPS) is 16.4. The second-order valence-electron chi connectivity index (χ2n) is 11.4. The van der Waals surface area contributed by atoms with Crippen LogP contribution >= 0.6 is 0 Å². The monoisotopic (exact) mass is 540 g/mol. The van der Waals surface area contributed by atoms with E-state index in [2.05, 4.69) is 54.2 Å². The van der Waals surface area contributed by atoms with Crippen LogP contribution in [0.25, 0.3) is 11.4 Å². The van der Waals surface area contributed by atoms with E-state index >= 15 is 0 Å². The van der Waals surface area contributed by atoms with Gasteiger partial charge in [0.15, 0.2) is 5.82 Å². The molecule has 10 heteroatoms. The Balaban J connectivity index is 1.43. The zero-order valence-electron chi connectivity index (χ0n) is 23.2. The molecule has 0 saturated carbocycles. The molecule has 0 aliphatic heterocycles. The van der Waals surface area contributed by atoms with E-state index in [9.17, 15) is 18.0 Å². The fraction of sp³-hybridized carbons (Fsp3) is 0.448. The maximum absolute atomic E-state index is 13.0. The summed E-state index contributed by atoms with van der Waals surface area (Å²) in [5.74, 6) is -0.195. The number of aromatic nitrogens is 4. The van der Waals surface area contributed by atoms with Gasteiger partial charge in [0.05, 0.1) is 40.1 Å². The van der Waals surface area contributed by atoms with Gasteiger partial charge < -0.3 is 10.2 Å². The molecule has 0 radical (unpaired) electrons. The number of halogens is 3.